The summed E-state index contributed by atoms with van der Waals surface area (Å²) in [5.41, 5.74) is 1.84. The number of aromatic nitrogens is 2. The third-order valence-corrected chi connectivity index (χ3v) is 6.78. The summed E-state index contributed by atoms with van der Waals surface area (Å²) in [6.45, 7) is 3.49. The van der Waals surface area contributed by atoms with Crippen molar-refractivity contribution in [1.82, 2.24) is 14.5 Å². The second kappa shape index (κ2) is 8.42. The summed E-state index contributed by atoms with van der Waals surface area (Å²) in [6, 6.07) is 8.15. The highest BCUT2D eigenvalue weighted by atomic mass is 32.2. The van der Waals surface area contributed by atoms with Gasteiger partial charge in [-0.15, -0.1) is 11.3 Å². The number of aryl methyl sites for hydroxylation is 2. The third-order valence-electron chi connectivity index (χ3n) is 4.71. The fourth-order valence-electron chi connectivity index (χ4n) is 3.33. The maximum absolute atomic E-state index is 12.6. The highest BCUT2D eigenvalue weighted by Gasteiger charge is 2.25. The number of carbonyl (C=O) groups is 1. The fourth-order valence-corrected chi connectivity index (χ4v) is 5.14. The molecule has 28 heavy (non-hydrogen) atoms. The Morgan fingerprint density at radius 1 is 1.36 bits per heavy atom. The maximum Gasteiger partial charge on any atom is 0.330 e. The third kappa shape index (κ3) is 4.11. The molecule has 0 atom stereocenters. The zero-order chi connectivity index (χ0) is 19.5. The molecule has 0 unspecified atom stereocenters. The molecule has 1 saturated heterocycles. The van der Waals surface area contributed by atoms with Crippen LogP contribution in [0.2, 0.25) is 0 Å². The van der Waals surface area contributed by atoms with Crippen LogP contribution in [0.4, 0.5) is 16.2 Å². The minimum atomic E-state index is -0.238. The van der Waals surface area contributed by atoms with E-state index in [-0.39, 0.29) is 12.1 Å². The number of anilines is 2. The van der Waals surface area contributed by atoms with E-state index in [1.165, 1.54) is 16.8 Å². The Kier molecular flexibility index (Phi) is 5.74. The van der Waals surface area contributed by atoms with E-state index in [1.807, 2.05) is 44.6 Å². The van der Waals surface area contributed by atoms with E-state index in [0.717, 1.165) is 47.7 Å². The van der Waals surface area contributed by atoms with Crippen LogP contribution in [0.5, 0.6) is 0 Å². The minimum absolute atomic E-state index is 0.238. The van der Waals surface area contributed by atoms with Crippen LogP contribution in [-0.4, -0.2) is 35.1 Å². The van der Waals surface area contributed by atoms with E-state index < -0.39 is 0 Å². The van der Waals surface area contributed by atoms with Crippen LogP contribution >= 0.6 is 23.5 Å². The van der Waals surface area contributed by atoms with Gasteiger partial charge in [0.1, 0.15) is 0 Å². The monoisotopic (exact) mass is 417 g/mol. The van der Waals surface area contributed by atoms with Crippen LogP contribution in [0.15, 0.2) is 36.7 Å². The van der Waals surface area contributed by atoms with Crippen molar-refractivity contribution in [3.05, 3.63) is 41.5 Å². The number of nitrogens with one attached hydrogen (secondary N) is 2. The van der Waals surface area contributed by atoms with Crippen molar-refractivity contribution >= 4 is 51.0 Å². The van der Waals surface area contributed by atoms with E-state index in [9.17, 15) is 4.79 Å². The van der Waals surface area contributed by atoms with Gasteiger partial charge in [0, 0.05) is 47.5 Å². The molecule has 2 aromatic heterocycles. The fraction of sp³-hybridized carbons (Fsp3) is 0.368. The summed E-state index contributed by atoms with van der Waals surface area (Å²) in [5.74, 6) is 0. The van der Waals surface area contributed by atoms with E-state index >= 15 is 0 Å². The molecule has 0 aliphatic carbocycles. The largest absolute Gasteiger partial charge is 0.381 e. The van der Waals surface area contributed by atoms with Crippen molar-refractivity contribution in [2.45, 2.75) is 25.8 Å². The summed E-state index contributed by atoms with van der Waals surface area (Å²) in [7, 11) is 1.89. The van der Waals surface area contributed by atoms with E-state index in [4.69, 9.17) is 4.74 Å². The summed E-state index contributed by atoms with van der Waals surface area (Å²) in [4.78, 5) is 13.7. The standard InChI is InChI=1S/C19H23N5O2S2/c1-13-18(16-5-3-4-6-17(16)27-13)21-19(25)22-28-24(14-7-9-26-10-8-14)15-11-20-23(2)12-15/h3-6,11-12,14H,7-10H2,1-2H3,(H2,21,22,25). The molecule has 1 aliphatic rings. The highest BCUT2D eigenvalue weighted by Crippen LogP contribution is 2.35. The van der Waals surface area contributed by atoms with Gasteiger partial charge in [0.15, 0.2) is 0 Å². The normalized spacial score (nSPS) is 14.9. The van der Waals surface area contributed by atoms with Gasteiger partial charge in [0.2, 0.25) is 0 Å². The van der Waals surface area contributed by atoms with Crippen LogP contribution in [0, 0.1) is 6.92 Å². The van der Waals surface area contributed by atoms with Gasteiger partial charge in [-0.25, -0.2) is 4.79 Å². The molecule has 2 amide bonds. The molecule has 1 aliphatic heterocycles. The van der Waals surface area contributed by atoms with Gasteiger partial charge in [0.05, 0.1) is 29.7 Å². The van der Waals surface area contributed by atoms with E-state index in [0.29, 0.717) is 0 Å². The van der Waals surface area contributed by atoms with Gasteiger partial charge in [-0.1, -0.05) is 18.2 Å². The molecule has 3 heterocycles. The second-order valence-corrected chi connectivity index (χ2v) is 8.75. The van der Waals surface area contributed by atoms with Crippen LogP contribution in [-0.2, 0) is 11.8 Å². The lowest BCUT2D eigenvalue weighted by molar-refractivity contribution is 0.0879. The van der Waals surface area contributed by atoms with Crippen LogP contribution < -0.4 is 14.3 Å². The molecule has 9 heteroatoms. The molecule has 0 radical (unpaired) electrons. The number of hydrogen-bond donors (Lipinski definition) is 2. The van der Waals surface area contributed by atoms with Crippen molar-refractivity contribution in [3.63, 3.8) is 0 Å². The van der Waals surface area contributed by atoms with Gasteiger partial charge in [-0.05, 0) is 25.8 Å². The zero-order valence-corrected chi connectivity index (χ0v) is 17.5. The molecular formula is C19H23N5O2S2. The quantitative estimate of drug-likeness (QED) is 0.605. The van der Waals surface area contributed by atoms with Crippen molar-refractivity contribution in [1.29, 1.82) is 0 Å². The van der Waals surface area contributed by atoms with Crippen molar-refractivity contribution < 1.29 is 9.53 Å². The molecule has 2 N–H and O–H groups in total. The Balaban J connectivity index is 1.45. The predicted octanol–water partition coefficient (Wildman–Crippen LogP) is 4.31. The molecule has 1 fully saturated rings. The molecule has 0 bridgehead atoms. The summed E-state index contributed by atoms with van der Waals surface area (Å²) in [5, 5.41) is 8.35. The number of benzene rings is 1. The number of amides is 2. The Hall–Kier alpha value is -2.23. The van der Waals surface area contributed by atoms with Crippen LogP contribution in [0.3, 0.4) is 0 Å². The number of nitrogens with zero attached hydrogens (tertiary/aromatic N) is 3. The average Bonchev–Trinajstić information content (AvgIpc) is 3.26. The summed E-state index contributed by atoms with van der Waals surface area (Å²) in [6.07, 6.45) is 5.61. The van der Waals surface area contributed by atoms with Gasteiger partial charge in [-0.3, -0.25) is 13.7 Å². The minimum Gasteiger partial charge on any atom is -0.381 e. The predicted molar refractivity (Wildman–Crippen MR) is 116 cm³/mol. The highest BCUT2D eigenvalue weighted by molar-refractivity contribution is 7.99. The van der Waals surface area contributed by atoms with Crippen molar-refractivity contribution in [3.8, 4) is 0 Å². The lowest BCUT2D eigenvalue weighted by atomic mass is 10.1. The number of thiophene rings is 1. The Morgan fingerprint density at radius 2 is 2.14 bits per heavy atom. The number of urea groups is 1. The molecule has 4 rings (SSSR count). The Bertz CT molecular complexity index is 964. The first-order valence-electron chi connectivity index (χ1n) is 9.19. The first kappa shape index (κ1) is 19.1. The topological polar surface area (TPSA) is 71.4 Å². The summed E-state index contributed by atoms with van der Waals surface area (Å²) < 4.78 is 13.5. The molecule has 0 spiro atoms. The smallest absolute Gasteiger partial charge is 0.330 e. The van der Waals surface area contributed by atoms with Crippen LogP contribution in [0.1, 0.15) is 17.7 Å². The Morgan fingerprint density at radius 3 is 2.89 bits per heavy atom. The molecular weight excluding hydrogens is 394 g/mol. The SMILES string of the molecule is Cc1sc2ccccc2c1NC(=O)NSN(c1cnn(C)c1)C1CCOCC1. The number of ether oxygens (including phenoxy) is 1. The lowest BCUT2D eigenvalue weighted by Crippen LogP contribution is -2.38. The first-order chi connectivity index (χ1) is 13.6. The van der Waals surface area contributed by atoms with Gasteiger partial charge in [-0.2, -0.15) is 5.10 Å². The number of rotatable bonds is 5. The van der Waals surface area contributed by atoms with E-state index in [2.05, 4.69) is 25.5 Å². The summed E-state index contributed by atoms with van der Waals surface area (Å²) >= 11 is 2.98. The van der Waals surface area contributed by atoms with Crippen LogP contribution in [0.25, 0.3) is 10.1 Å². The molecule has 3 aromatic rings. The maximum atomic E-state index is 12.6. The lowest BCUT2D eigenvalue weighted by Gasteiger charge is -2.33. The number of hydrogen-bond acceptors (Lipinski definition) is 6. The molecule has 0 saturated carbocycles. The van der Waals surface area contributed by atoms with Crippen molar-refractivity contribution in [2.24, 2.45) is 7.05 Å². The average molecular weight is 418 g/mol. The zero-order valence-electron chi connectivity index (χ0n) is 15.8. The Labute approximate surface area is 172 Å². The van der Waals surface area contributed by atoms with Gasteiger partial charge in [0.25, 0.3) is 0 Å². The van der Waals surface area contributed by atoms with Crippen molar-refractivity contribution in [2.75, 3.05) is 22.8 Å². The first-order valence-corrected chi connectivity index (χ1v) is 10.8. The van der Waals surface area contributed by atoms with Gasteiger partial charge >= 0.3 is 6.03 Å². The second-order valence-electron chi connectivity index (χ2n) is 6.72. The number of carbonyl (C=O) groups excluding carboxylic acids is 1. The molecule has 148 valence electrons. The number of fused-ring (bicyclic) bond motifs is 1. The molecule has 1 aromatic carbocycles. The van der Waals surface area contributed by atoms with Gasteiger partial charge < -0.3 is 10.1 Å². The molecule has 7 nitrogen and oxygen atoms in total. The van der Waals surface area contributed by atoms with E-state index in [1.54, 1.807) is 16.0 Å².